The maximum Gasteiger partial charge on any atom is 0.325 e. The first kappa shape index (κ1) is 28.3. The summed E-state index contributed by atoms with van der Waals surface area (Å²) in [5, 5.41) is 16.4. The first-order chi connectivity index (χ1) is 14.4. The Bertz CT molecular complexity index is 641. The first-order valence-electron chi connectivity index (χ1n) is 10.3. The predicted octanol–water partition coefficient (Wildman–Crippen LogP) is -2.08. The second kappa shape index (κ2) is 14.3. The molecule has 0 aliphatic rings. The molecule has 10 N–H and O–H groups in total. The van der Waals surface area contributed by atoms with Crippen LogP contribution in [0.1, 0.15) is 52.9 Å². The highest BCUT2D eigenvalue weighted by molar-refractivity contribution is 5.94. The summed E-state index contributed by atoms with van der Waals surface area (Å²) in [6.07, 6.45) is 1.26. The van der Waals surface area contributed by atoms with Crippen molar-refractivity contribution in [2.45, 2.75) is 77.0 Å². The second-order valence-electron chi connectivity index (χ2n) is 7.88. The molecule has 0 heterocycles. The van der Waals surface area contributed by atoms with E-state index in [2.05, 4.69) is 16.0 Å². The van der Waals surface area contributed by atoms with Crippen LogP contribution in [0.4, 0.5) is 0 Å². The van der Waals surface area contributed by atoms with Crippen LogP contribution >= 0.6 is 0 Å². The molecule has 0 radical (unpaired) electrons. The Morgan fingerprint density at radius 2 is 1.42 bits per heavy atom. The van der Waals surface area contributed by atoms with Gasteiger partial charge in [-0.2, -0.15) is 0 Å². The fourth-order valence-corrected chi connectivity index (χ4v) is 2.70. The monoisotopic (exact) mass is 444 g/mol. The number of unbranched alkanes of at least 4 members (excludes halogenated alkanes) is 1. The lowest BCUT2D eigenvalue weighted by Gasteiger charge is -2.25. The van der Waals surface area contributed by atoms with E-state index in [-0.39, 0.29) is 25.2 Å². The summed E-state index contributed by atoms with van der Waals surface area (Å²) in [5.41, 5.74) is 16.2. The van der Waals surface area contributed by atoms with Crippen molar-refractivity contribution in [2.75, 3.05) is 6.54 Å². The number of carbonyl (C=O) groups excluding carboxylic acids is 4. The van der Waals surface area contributed by atoms with Gasteiger partial charge in [0.25, 0.3) is 0 Å². The molecule has 0 spiro atoms. The van der Waals surface area contributed by atoms with Crippen LogP contribution in [0.5, 0.6) is 0 Å². The number of carboxylic acid groups (broad SMARTS) is 1. The van der Waals surface area contributed by atoms with Gasteiger partial charge in [-0.1, -0.05) is 13.8 Å². The summed E-state index contributed by atoms with van der Waals surface area (Å²) >= 11 is 0. The van der Waals surface area contributed by atoms with Crippen molar-refractivity contribution in [1.82, 2.24) is 16.0 Å². The summed E-state index contributed by atoms with van der Waals surface area (Å²) < 4.78 is 0. The van der Waals surface area contributed by atoms with Gasteiger partial charge >= 0.3 is 5.97 Å². The molecule has 0 aromatic carbocycles. The average Bonchev–Trinajstić information content (AvgIpc) is 2.65. The molecule has 12 heteroatoms. The normalized spacial score (nSPS) is 14.8. The van der Waals surface area contributed by atoms with E-state index in [1.54, 1.807) is 0 Å². The van der Waals surface area contributed by atoms with E-state index >= 15 is 0 Å². The minimum Gasteiger partial charge on any atom is -0.480 e. The highest BCUT2D eigenvalue weighted by Gasteiger charge is 2.29. The molecule has 178 valence electrons. The molecule has 0 aromatic rings. The molecule has 0 aliphatic carbocycles. The summed E-state index contributed by atoms with van der Waals surface area (Å²) in [5.74, 6) is -3.95. The van der Waals surface area contributed by atoms with Crippen molar-refractivity contribution in [2.24, 2.45) is 23.1 Å². The number of amides is 4. The number of primary amides is 1. The summed E-state index contributed by atoms with van der Waals surface area (Å²) in [4.78, 5) is 59.6. The smallest absolute Gasteiger partial charge is 0.325 e. The molecular weight excluding hydrogens is 408 g/mol. The Hall–Kier alpha value is -2.73. The van der Waals surface area contributed by atoms with E-state index in [0.717, 1.165) is 0 Å². The molecule has 4 unspecified atom stereocenters. The zero-order valence-corrected chi connectivity index (χ0v) is 18.3. The van der Waals surface area contributed by atoms with E-state index in [4.69, 9.17) is 22.3 Å². The van der Waals surface area contributed by atoms with Gasteiger partial charge in [-0.05, 0) is 45.1 Å². The van der Waals surface area contributed by atoms with Gasteiger partial charge in [0.2, 0.25) is 23.6 Å². The van der Waals surface area contributed by atoms with E-state index in [1.165, 1.54) is 6.92 Å². The van der Waals surface area contributed by atoms with Crippen LogP contribution in [0, 0.1) is 5.92 Å². The molecule has 31 heavy (non-hydrogen) atoms. The second-order valence-corrected chi connectivity index (χ2v) is 7.88. The number of nitrogens with two attached hydrogens (primary N) is 3. The molecule has 0 bridgehead atoms. The third-order valence-corrected chi connectivity index (χ3v) is 4.41. The molecule has 0 aliphatic heterocycles. The van der Waals surface area contributed by atoms with Gasteiger partial charge < -0.3 is 38.3 Å². The van der Waals surface area contributed by atoms with E-state index in [1.807, 2.05) is 13.8 Å². The number of hydrogen-bond acceptors (Lipinski definition) is 7. The molecule has 4 amide bonds. The number of carboxylic acids is 1. The molecule has 4 atom stereocenters. The van der Waals surface area contributed by atoms with Crippen molar-refractivity contribution in [1.29, 1.82) is 0 Å². The fourth-order valence-electron chi connectivity index (χ4n) is 2.70. The zero-order chi connectivity index (χ0) is 24.1. The minimum absolute atomic E-state index is 0.0139. The zero-order valence-electron chi connectivity index (χ0n) is 18.3. The number of aliphatic carboxylic acids is 1. The third kappa shape index (κ3) is 11.9. The molecule has 0 rings (SSSR count). The number of carbonyl (C=O) groups is 5. The molecular formula is C19H36N6O6. The van der Waals surface area contributed by atoms with Gasteiger partial charge in [0.1, 0.15) is 18.1 Å². The minimum atomic E-state index is -1.21. The highest BCUT2D eigenvalue weighted by atomic mass is 16.4. The highest BCUT2D eigenvalue weighted by Crippen LogP contribution is 2.08. The lowest BCUT2D eigenvalue weighted by molar-refractivity contribution is -0.141. The van der Waals surface area contributed by atoms with Crippen molar-refractivity contribution in [3.63, 3.8) is 0 Å². The van der Waals surface area contributed by atoms with Crippen LogP contribution < -0.4 is 33.2 Å². The largest absolute Gasteiger partial charge is 0.480 e. The number of nitrogens with one attached hydrogen (secondary N) is 3. The molecule has 12 nitrogen and oxygen atoms in total. The standard InChI is InChI=1S/C19H36N6O6/c1-10(2)8-14(25-16(27)12(21)9-15(22)26)18(29)24-13(6-4-5-7-20)17(28)23-11(3)19(30)31/h10-14H,4-9,20-21H2,1-3H3,(H2,22,26)(H,23,28)(H,24,29)(H,25,27)(H,30,31). The third-order valence-electron chi connectivity index (χ3n) is 4.41. The van der Waals surface area contributed by atoms with Gasteiger partial charge in [-0.25, -0.2) is 0 Å². The Balaban J connectivity index is 5.35. The summed E-state index contributed by atoms with van der Waals surface area (Å²) in [6.45, 7) is 5.39. The van der Waals surface area contributed by atoms with Crippen molar-refractivity contribution in [3.8, 4) is 0 Å². The first-order valence-corrected chi connectivity index (χ1v) is 10.3. The van der Waals surface area contributed by atoms with Crippen LogP contribution in [-0.4, -0.2) is 65.4 Å². The van der Waals surface area contributed by atoms with Crippen LogP contribution in [0.3, 0.4) is 0 Å². The number of hydrogen-bond donors (Lipinski definition) is 7. The lowest BCUT2D eigenvalue weighted by Crippen LogP contribution is -2.57. The Morgan fingerprint density at radius 1 is 0.871 bits per heavy atom. The molecule has 0 saturated carbocycles. The Labute approximate surface area is 182 Å². The lowest BCUT2D eigenvalue weighted by atomic mass is 10.0. The topological polar surface area (TPSA) is 220 Å². The van der Waals surface area contributed by atoms with Crippen molar-refractivity contribution >= 4 is 29.6 Å². The average molecular weight is 445 g/mol. The predicted molar refractivity (Wildman–Crippen MR) is 113 cm³/mol. The number of rotatable bonds is 15. The molecule has 0 fully saturated rings. The van der Waals surface area contributed by atoms with E-state index in [0.29, 0.717) is 19.4 Å². The van der Waals surface area contributed by atoms with Gasteiger partial charge in [0.15, 0.2) is 0 Å². The van der Waals surface area contributed by atoms with Crippen LogP contribution in [-0.2, 0) is 24.0 Å². The molecule has 0 saturated heterocycles. The van der Waals surface area contributed by atoms with Gasteiger partial charge in [0.05, 0.1) is 12.5 Å². The van der Waals surface area contributed by atoms with Crippen molar-refractivity contribution < 1.29 is 29.1 Å². The van der Waals surface area contributed by atoms with Crippen LogP contribution in [0.2, 0.25) is 0 Å². The quantitative estimate of drug-likeness (QED) is 0.139. The van der Waals surface area contributed by atoms with Crippen molar-refractivity contribution in [3.05, 3.63) is 0 Å². The van der Waals surface area contributed by atoms with Gasteiger partial charge in [-0.15, -0.1) is 0 Å². The van der Waals surface area contributed by atoms with Gasteiger partial charge in [-0.3, -0.25) is 24.0 Å². The summed E-state index contributed by atoms with van der Waals surface area (Å²) in [7, 11) is 0. The van der Waals surface area contributed by atoms with Crippen LogP contribution in [0.25, 0.3) is 0 Å². The maximum absolute atomic E-state index is 12.8. The van der Waals surface area contributed by atoms with Gasteiger partial charge in [0, 0.05) is 0 Å². The van der Waals surface area contributed by atoms with Crippen LogP contribution in [0.15, 0.2) is 0 Å². The fraction of sp³-hybridized carbons (Fsp3) is 0.737. The molecule has 0 aromatic heterocycles. The Morgan fingerprint density at radius 3 is 1.90 bits per heavy atom. The Kier molecular flexibility index (Phi) is 13.0. The van der Waals surface area contributed by atoms with E-state index < -0.39 is 53.8 Å². The SMILES string of the molecule is CC(C)CC(NC(=O)C(N)CC(N)=O)C(=O)NC(CCCCN)C(=O)NC(C)C(=O)O. The summed E-state index contributed by atoms with van der Waals surface area (Å²) in [6, 6.07) is -4.36. The van der Waals surface area contributed by atoms with E-state index in [9.17, 15) is 24.0 Å². The maximum atomic E-state index is 12.8.